The number of benzene rings is 1. The molecular formula is C17H16N2O2S. The molecule has 112 valence electrons. The summed E-state index contributed by atoms with van der Waals surface area (Å²) >= 11 is 1.51. The molecule has 0 amide bonds. The Bertz CT molecular complexity index is 790. The molecule has 5 heteroatoms. The third-order valence-electron chi connectivity index (χ3n) is 3.29. The summed E-state index contributed by atoms with van der Waals surface area (Å²) in [5.74, 6) is -0.378. The average molecular weight is 312 g/mol. The van der Waals surface area contributed by atoms with Gasteiger partial charge in [0.25, 0.3) is 0 Å². The van der Waals surface area contributed by atoms with Crippen LogP contribution in [-0.4, -0.2) is 22.1 Å². The lowest BCUT2D eigenvalue weighted by Gasteiger charge is -2.03. The molecule has 4 nitrogen and oxygen atoms in total. The van der Waals surface area contributed by atoms with Gasteiger partial charge in [-0.2, -0.15) is 0 Å². The second-order valence-electron chi connectivity index (χ2n) is 4.79. The number of nitrogens with zero attached hydrogens (tertiary/aromatic N) is 2. The van der Waals surface area contributed by atoms with Crippen molar-refractivity contribution in [3.63, 3.8) is 0 Å². The van der Waals surface area contributed by atoms with Gasteiger partial charge in [-0.05, 0) is 19.1 Å². The summed E-state index contributed by atoms with van der Waals surface area (Å²) in [6.07, 6.45) is 1.95. The monoisotopic (exact) mass is 312 g/mol. The smallest absolute Gasteiger partial charge is 0.358 e. The zero-order chi connectivity index (χ0) is 15.5. The van der Waals surface area contributed by atoms with Gasteiger partial charge in [0.2, 0.25) is 0 Å². The highest BCUT2D eigenvalue weighted by Gasteiger charge is 2.22. The molecule has 3 aromatic rings. The average Bonchev–Trinajstić information content (AvgIpc) is 3.14. The van der Waals surface area contributed by atoms with Crippen LogP contribution in [0.1, 0.15) is 17.4 Å². The van der Waals surface area contributed by atoms with Gasteiger partial charge in [-0.25, -0.2) is 9.78 Å². The van der Waals surface area contributed by atoms with Gasteiger partial charge in [-0.3, -0.25) is 0 Å². The van der Waals surface area contributed by atoms with E-state index in [1.165, 1.54) is 11.3 Å². The fourth-order valence-corrected chi connectivity index (χ4v) is 3.36. The number of aromatic nitrogens is 2. The van der Waals surface area contributed by atoms with Crippen molar-refractivity contribution in [1.29, 1.82) is 0 Å². The Morgan fingerprint density at radius 2 is 2.00 bits per heavy atom. The first kappa shape index (κ1) is 14.5. The summed E-state index contributed by atoms with van der Waals surface area (Å²) in [6, 6.07) is 13.8. The van der Waals surface area contributed by atoms with Gasteiger partial charge in [0, 0.05) is 18.8 Å². The largest absolute Gasteiger partial charge is 0.461 e. The van der Waals surface area contributed by atoms with Gasteiger partial charge in [0.15, 0.2) is 5.69 Å². The highest BCUT2D eigenvalue weighted by molar-refractivity contribution is 7.18. The molecule has 0 radical (unpaired) electrons. The molecule has 22 heavy (non-hydrogen) atoms. The van der Waals surface area contributed by atoms with Crippen molar-refractivity contribution in [2.45, 2.75) is 6.92 Å². The van der Waals surface area contributed by atoms with Crippen LogP contribution in [0, 0.1) is 0 Å². The SMILES string of the molecule is CCOC(=O)c1nc(-c2ccccc2)sc1-c1cccn1C. The number of ether oxygens (including phenoxy) is 1. The van der Waals surface area contributed by atoms with Crippen LogP contribution in [0.4, 0.5) is 0 Å². The zero-order valence-corrected chi connectivity index (χ0v) is 13.3. The highest BCUT2D eigenvalue weighted by Crippen LogP contribution is 2.35. The van der Waals surface area contributed by atoms with Gasteiger partial charge >= 0.3 is 5.97 Å². The molecule has 2 aromatic heterocycles. The second-order valence-corrected chi connectivity index (χ2v) is 5.79. The maximum absolute atomic E-state index is 12.2. The molecule has 0 bridgehead atoms. The number of aryl methyl sites for hydroxylation is 1. The van der Waals surface area contributed by atoms with Crippen molar-refractivity contribution >= 4 is 17.3 Å². The summed E-state index contributed by atoms with van der Waals surface area (Å²) in [7, 11) is 1.95. The van der Waals surface area contributed by atoms with Crippen molar-refractivity contribution < 1.29 is 9.53 Å². The lowest BCUT2D eigenvalue weighted by molar-refractivity contribution is 0.0521. The lowest BCUT2D eigenvalue weighted by Crippen LogP contribution is -2.07. The first-order valence-electron chi connectivity index (χ1n) is 7.05. The van der Waals surface area contributed by atoms with Crippen LogP contribution in [0.3, 0.4) is 0 Å². The van der Waals surface area contributed by atoms with E-state index in [1.807, 2.05) is 60.3 Å². The molecule has 3 rings (SSSR count). The van der Waals surface area contributed by atoms with Crippen molar-refractivity contribution in [1.82, 2.24) is 9.55 Å². The van der Waals surface area contributed by atoms with Crippen LogP contribution >= 0.6 is 11.3 Å². The number of hydrogen-bond donors (Lipinski definition) is 0. The minimum Gasteiger partial charge on any atom is -0.461 e. The number of hydrogen-bond acceptors (Lipinski definition) is 4. The Morgan fingerprint density at radius 1 is 1.23 bits per heavy atom. The van der Waals surface area contributed by atoms with Crippen LogP contribution in [0.15, 0.2) is 48.7 Å². The summed E-state index contributed by atoms with van der Waals surface area (Å²) < 4.78 is 7.13. The third kappa shape index (κ3) is 2.67. The predicted molar refractivity (Wildman–Crippen MR) is 87.9 cm³/mol. The molecule has 0 saturated carbocycles. The lowest BCUT2D eigenvalue weighted by atomic mass is 10.2. The zero-order valence-electron chi connectivity index (χ0n) is 12.4. The predicted octanol–water partition coefficient (Wildman–Crippen LogP) is 3.99. The van der Waals surface area contributed by atoms with Gasteiger partial charge in [-0.1, -0.05) is 30.3 Å². The number of rotatable bonds is 4. The van der Waals surface area contributed by atoms with Crippen LogP contribution in [0.5, 0.6) is 0 Å². The fourth-order valence-electron chi connectivity index (χ4n) is 2.23. The molecule has 0 spiro atoms. The Kier molecular flexibility index (Phi) is 4.06. The van der Waals surface area contributed by atoms with E-state index in [0.29, 0.717) is 12.3 Å². The van der Waals surface area contributed by atoms with Crippen molar-refractivity contribution in [3.8, 4) is 21.1 Å². The number of carbonyl (C=O) groups excluding carboxylic acids is 1. The Labute approximate surface area is 133 Å². The minimum atomic E-state index is -0.378. The fraction of sp³-hybridized carbons (Fsp3) is 0.176. The van der Waals surface area contributed by atoms with Crippen molar-refractivity contribution in [2.24, 2.45) is 7.05 Å². The van der Waals surface area contributed by atoms with Gasteiger partial charge in [0.05, 0.1) is 17.2 Å². The molecule has 0 aliphatic carbocycles. The van der Waals surface area contributed by atoms with Crippen molar-refractivity contribution in [2.75, 3.05) is 6.61 Å². The van der Waals surface area contributed by atoms with Crippen LogP contribution in [-0.2, 0) is 11.8 Å². The standard InChI is InChI=1S/C17H16N2O2S/c1-3-21-17(20)14-15(13-10-7-11-19(13)2)22-16(18-14)12-8-5-4-6-9-12/h4-11H,3H2,1-2H3. The topological polar surface area (TPSA) is 44.1 Å². The van der Waals surface area contributed by atoms with Gasteiger partial charge < -0.3 is 9.30 Å². The van der Waals surface area contributed by atoms with Crippen molar-refractivity contribution in [3.05, 3.63) is 54.4 Å². The summed E-state index contributed by atoms with van der Waals surface area (Å²) in [5.41, 5.74) is 2.34. The van der Waals surface area contributed by atoms with Gasteiger partial charge in [0.1, 0.15) is 5.01 Å². The number of esters is 1. The molecule has 1 aromatic carbocycles. The normalized spacial score (nSPS) is 10.6. The van der Waals surface area contributed by atoms with E-state index in [0.717, 1.165) is 21.1 Å². The third-order valence-corrected chi connectivity index (χ3v) is 4.42. The number of carbonyl (C=O) groups is 1. The minimum absolute atomic E-state index is 0.337. The van der Waals surface area contributed by atoms with E-state index in [9.17, 15) is 4.79 Å². The molecule has 0 fully saturated rings. The first-order chi connectivity index (χ1) is 10.7. The molecule has 0 atom stereocenters. The molecule has 0 N–H and O–H groups in total. The Morgan fingerprint density at radius 3 is 2.64 bits per heavy atom. The molecule has 2 heterocycles. The quantitative estimate of drug-likeness (QED) is 0.684. The Hall–Kier alpha value is -2.40. The summed E-state index contributed by atoms with van der Waals surface area (Å²) in [6.45, 7) is 2.13. The van der Waals surface area contributed by atoms with Crippen LogP contribution in [0.25, 0.3) is 21.1 Å². The molecule has 0 aliphatic heterocycles. The van der Waals surface area contributed by atoms with E-state index in [4.69, 9.17) is 4.74 Å². The maximum Gasteiger partial charge on any atom is 0.358 e. The second kappa shape index (κ2) is 6.15. The van der Waals surface area contributed by atoms with E-state index >= 15 is 0 Å². The van der Waals surface area contributed by atoms with E-state index in [-0.39, 0.29) is 5.97 Å². The molecule has 0 unspecified atom stereocenters. The molecule has 0 saturated heterocycles. The van der Waals surface area contributed by atoms with Gasteiger partial charge in [-0.15, -0.1) is 11.3 Å². The summed E-state index contributed by atoms with van der Waals surface area (Å²) in [5, 5.41) is 0.819. The first-order valence-corrected chi connectivity index (χ1v) is 7.87. The Balaban J connectivity index is 2.13. The van der Waals surface area contributed by atoms with E-state index in [2.05, 4.69) is 4.98 Å². The highest BCUT2D eigenvalue weighted by atomic mass is 32.1. The molecule has 0 aliphatic rings. The van der Waals surface area contributed by atoms with E-state index in [1.54, 1.807) is 6.92 Å². The summed E-state index contributed by atoms with van der Waals surface area (Å²) in [4.78, 5) is 17.6. The van der Waals surface area contributed by atoms with Crippen LogP contribution in [0.2, 0.25) is 0 Å². The van der Waals surface area contributed by atoms with Crippen LogP contribution < -0.4 is 0 Å². The van der Waals surface area contributed by atoms with E-state index < -0.39 is 0 Å². The number of thiazole rings is 1. The maximum atomic E-state index is 12.2. The molecular weight excluding hydrogens is 296 g/mol.